The molecule has 0 saturated carbocycles. The SMILES string of the molecule is O=C(NCc1ccccc1Cl)c1ccc(Cl)c(NS(=O)(=O)c2ccc(F)cc2)c1. The first kappa shape index (κ1) is 21.1. The van der Waals surface area contributed by atoms with Gasteiger partial charge in [-0.3, -0.25) is 9.52 Å². The van der Waals surface area contributed by atoms with E-state index in [1.807, 2.05) is 0 Å². The number of hydrogen-bond donors (Lipinski definition) is 2. The van der Waals surface area contributed by atoms with Crippen LogP contribution in [0, 0.1) is 5.82 Å². The number of carbonyl (C=O) groups is 1. The lowest BCUT2D eigenvalue weighted by atomic mass is 10.1. The summed E-state index contributed by atoms with van der Waals surface area (Å²) in [6.07, 6.45) is 0. The fourth-order valence-corrected chi connectivity index (χ4v) is 3.98. The van der Waals surface area contributed by atoms with E-state index in [1.54, 1.807) is 24.3 Å². The standard InChI is InChI=1S/C20H15Cl2FN2O3S/c21-17-4-2-1-3-14(17)12-24-20(26)13-5-10-18(22)19(11-13)25-29(27,28)16-8-6-15(23)7-9-16/h1-11,25H,12H2,(H,24,26). The summed E-state index contributed by atoms with van der Waals surface area (Å²) < 4.78 is 40.3. The van der Waals surface area contributed by atoms with E-state index in [2.05, 4.69) is 10.0 Å². The summed E-state index contributed by atoms with van der Waals surface area (Å²) in [7, 11) is -4.01. The second-order valence-corrected chi connectivity index (χ2v) is 8.52. The minimum Gasteiger partial charge on any atom is -0.348 e. The normalized spacial score (nSPS) is 11.1. The number of benzene rings is 3. The van der Waals surface area contributed by atoms with Crippen LogP contribution in [0.15, 0.2) is 71.6 Å². The summed E-state index contributed by atoms with van der Waals surface area (Å²) in [6.45, 7) is 0.206. The zero-order valence-corrected chi connectivity index (χ0v) is 17.2. The fourth-order valence-electron chi connectivity index (χ4n) is 2.48. The molecule has 0 radical (unpaired) electrons. The molecule has 3 aromatic rings. The van der Waals surface area contributed by atoms with Crippen molar-refractivity contribution in [2.45, 2.75) is 11.4 Å². The lowest BCUT2D eigenvalue weighted by Crippen LogP contribution is -2.23. The van der Waals surface area contributed by atoms with Gasteiger partial charge in [-0.25, -0.2) is 12.8 Å². The summed E-state index contributed by atoms with van der Waals surface area (Å²) in [5.41, 5.74) is 0.980. The molecule has 9 heteroatoms. The van der Waals surface area contributed by atoms with Crippen molar-refractivity contribution >= 4 is 44.8 Å². The first-order chi connectivity index (χ1) is 13.8. The lowest BCUT2D eigenvalue weighted by Gasteiger charge is -2.12. The molecule has 150 valence electrons. The van der Waals surface area contributed by atoms with Gasteiger partial charge in [0.2, 0.25) is 0 Å². The van der Waals surface area contributed by atoms with Gasteiger partial charge in [0.1, 0.15) is 5.82 Å². The molecule has 0 atom stereocenters. The van der Waals surface area contributed by atoms with Crippen LogP contribution in [-0.4, -0.2) is 14.3 Å². The van der Waals surface area contributed by atoms with Crippen LogP contribution in [0.3, 0.4) is 0 Å². The number of rotatable bonds is 6. The van der Waals surface area contributed by atoms with Crippen LogP contribution in [-0.2, 0) is 16.6 Å². The Morgan fingerprint density at radius 1 is 0.931 bits per heavy atom. The molecule has 0 bridgehead atoms. The van der Waals surface area contributed by atoms with Gasteiger partial charge in [0.15, 0.2) is 0 Å². The minimum atomic E-state index is -4.01. The van der Waals surface area contributed by atoms with Crippen molar-refractivity contribution in [3.05, 3.63) is 93.7 Å². The second-order valence-electron chi connectivity index (χ2n) is 6.03. The van der Waals surface area contributed by atoms with Gasteiger partial charge in [0.05, 0.1) is 15.6 Å². The Hall–Kier alpha value is -2.61. The van der Waals surface area contributed by atoms with E-state index in [-0.39, 0.29) is 27.7 Å². The Bertz CT molecular complexity index is 1150. The number of amides is 1. The lowest BCUT2D eigenvalue weighted by molar-refractivity contribution is 0.0951. The van der Waals surface area contributed by atoms with Crippen molar-refractivity contribution in [1.82, 2.24) is 5.32 Å². The maximum absolute atomic E-state index is 13.0. The molecule has 3 rings (SSSR count). The largest absolute Gasteiger partial charge is 0.348 e. The predicted molar refractivity (Wildman–Crippen MR) is 111 cm³/mol. The van der Waals surface area contributed by atoms with E-state index in [0.29, 0.717) is 5.02 Å². The minimum absolute atomic E-state index is 0.0291. The number of hydrogen-bond acceptors (Lipinski definition) is 3. The molecule has 5 nitrogen and oxygen atoms in total. The molecule has 0 spiro atoms. The summed E-state index contributed by atoms with van der Waals surface area (Å²) in [5.74, 6) is -0.983. The molecule has 1 amide bonds. The molecule has 2 N–H and O–H groups in total. The van der Waals surface area contributed by atoms with Crippen molar-refractivity contribution in [1.29, 1.82) is 0 Å². The Labute approximate surface area is 177 Å². The van der Waals surface area contributed by atoms with E-state index in [9.17, 15) is 17.6 Å². The van der Waals surface area contributed by atoms with Gasteiger partial charge in [-0.2, -0.15) is 0 Å². The van der Waals surface area contributed by atoms with E-state index in [4.69, 9.17) is 23.2 Å². The monoisotopic (exact) mass is 452 g/mol. The molecule has 0 aliphatic heterocycles. The number of carbonyl (C=O) groups excluding carboxylic acids is 1. The molecular weight excluding hydrogens is 438 g/mol. The van der Waals surface area contributed by atoms with Gasteiger partial charge in [-0.15, -0.1) is 0 Å². The van der Waals surface area contributed by atoms with Crippen molar-refractivity contribution in [2.75, 3.05) is 4.72 Å². The summed E-state index contributed by atoms with van der Waals surface area (Å²) >= 11 is 12.1. The first-order valence-electron chi connectivity index (χ1n) is 8.36. The molecular formula is C20H15Cl2FN2O3S. The summed E-state index contributed by atoms with van der Waals surface area (Å²) in [5, 5.41) is 3.35. The van der Waals surface area contributed by atoms with E-state index in [0.717, 1.165) is 29.8 Å². The van der Waals surface area contributed by atoms with Crippen LogP contribution in [0.5, 0.6) is 0 Å². The van der Waals surface area contributed by atoms with E-state index in [1.165, 1.54) is 18.2 Å². The fraction of sp³-hybridized carbons (Fsp3) is 0.0500. The van der Waals surface area contributed by atoms with Gasteiger partial charge >= 0.3 is 0 Å². The molecule has 0 heterocycles. The van der Waals surface area contributed by atoms with Gasteiger partial charge in [0.25, 0.3) is 15.9 Å². The number of halogens is 3. The first-order valence-corrected chi connectivity index (χ1v) is 10.6. The van der Waals surface area contributed by atoms with E-state index < -0.39 is 21.7 Å². The highest BCUT2D eigenvalue weighted by Gasteiger charge is 2.17. The van der Waals surface area contributed by atoms with Crippen LogP contribution < -0.4 is 10.0 Å². The average molecular weight is 453 g/mol. The van der Waals surface area contributed by atoms with Crippen LogP contribution in [0.25, 0.3) is 0 Å². The Kier molecular flexibility index (Phi) is 6.42. The smallest absolute Gasteiger partial charge is 0.261 e. The summed E-state index contributed by atoms with van der Waals surface area (Å²) in [6, 6.07) is 15.6. The second kappa shape index (κ2) is 8.82. The molecule has 0 fully saturated rings. The van der Waals surface area contributed by atoms with Crippen molar-refractivity contribution in [3.63, 3.8) is 0 Å². The molecule has 0 aliphatic carbocycles. The Morgan fingerprint density at radius 3 is 2.31 bits per heavy atom. The summed E-state index contributed by atoms with van der Waals surface area (Å²) in [4.78, 5) is 12.3. The zero-order chi connectivity index (χ0) is 21.0. The molecule has 0 aromatic heterocycles. The highest BCUT2D eigenvalue weighted by Crippen LogP contribution is 2.26. The molecule has 0 saturated heterocycles. The van der Waals surface area contributed by atoms with Crippen LogP contribution in [0.1, 0.15) is 15.9 Å². The number of nitrogens with one attached hydrogen (secondary N) is 2. The highest BCUT2D eigenvalue weighted by atomic mass is 35.5. The van der Waals surface area contributed by atoms with Crippen LogP contribution >= 0.6 is 23.2 Å². The Balaban J connectivity index is 1.78. The molecule has 29 heavy (non-hydrogen) atoms. The zero-order valence-electron chi connectivity index (χ0n) is 14.8. The molecule has 0 aliphatic rings. The highest BCUT2D eigenvalue weighted by molar-refractivity contribution is 7.92. The van der Waals surface area contributed by atoms with Gasteiger partial charge in [-0.1, -0.05) is 41.4 Å². The average Bonchev–Trinajstić information content (AvgIpc) is 2.69. The quantitative estimate of drug-likeness (QED) is 0.560. The topological polar surface area (TPSA) is 75.3 Å². The van der Waals surface area contributed by atoms with Gasteiger partial charge < -0.3 is 5.32 Å². The number of anilines is 1. The molecule has 3 aromatic carbocycles. The third kappa shape index (κ3) is 5.26. The maximum atomic E-state index is 13.0. The van der Waals surface area contributed by atoms with Crippen molar-refractivity contribution < 1.29 is 17.6 Å². The van der Waals surface area contributed by atoms with Gasteiger partial charge in [-0.05, 0) is 54.1 Å². The maximum Gasteiger partial charge on any atom is 0.261 e. The van der Waals surface area contributed by atoms with Gasteiger partial charge in [0, 0.05) is 17.1 Å². The predicted octanol–water partition coefficient (Wildman–Crippen LogP) is 4.86. The van der Waals surface area contributed by atoms with Crippen molar-refractivity contribution in [3.8, 4) is 0 Å². The third-order valence-corrected chi connectivity index (χ3v) is 6.07. The van der Waals surface area contributed by atoms with E-state index >= 15 is 0 Å². The van der Waals surface area contributed by atoms with Crippen LogP contribution in [0.4, 0.5) is 10.1 Å². The van der Waals surface area contributed by atoms with Crippen LogP contribution in [0.2, 0.25) is 10.0 Å². The Morgan fingerprint density at radius 2 is 1.62 bits per heavy atom. The number of sulfonamides is 1. The van der Waals surface area contributed by atoms with Crippen molar-refractivity contribution in [2.24, 2.45) is 0 Å². The third-order valence-electron chi connectivity index (χ3n) is 3.99. The molecule has 0 unspecified atom stereocenters.